The standard InChI is InChI=1S/C10H18N4O/c1-7(2)8-4-10(15,5-8)6-9-11-13-14(3)12-9/h7-8,15H,4-6H2,1-3H3. The van der Waals surface area contributed by atoms with Crippen molar-refractivity contribution in [2.45, 2.75) is 38.7 Å². The molecule has 1 N–H and O–H groups in total. The average molecular weight is 210 g/mol. The molecular weight excluding hydrogens is 192 g/mol. The molecule has 84 valence electrons. The van der Waals surface area contributed by atoms with Crippen LogP contribution in [0.1, 0.15) is 32.5 Å². The zero-order valence-corrected chi connectivity index (χ0v) is 9.51. The summed E-state index contributed by atoms with van der Waals surface area (Å²) in [7, 11) is 1.73. The molecule has 15 heavy (non-hydrogen) atoms. The highest BCUT2D eigenvalue weighted by atomic mass is 16.3. The highest BCUT2D eigenvalue weighted by Crippen LogP contribution is 2.43. The fraction of sp³-hybridized carbons (Fsp3) is 0.900. The van der Waals surface area contributed by atoms with Crippen LogP contribution in [0.3, 0.4) is 0 Å². The highest BCUT2D eigenvalue weighted by Gasteiger charge is 2.44. The van der Waals surface area contributed by atoms with Crippen molar-refractivity contribution in [3.63, 3.8) is 0 Å². The summed E-state index contributed by atoms with van der Waals surface area (Å²) in [6.45, 7) is 4.40. The second kappa shape index (κ2) is 3.56. The van der Waals surface area contributed by atoms with E-state index in [-0.39, 0.29) is 0 Å². The lowest BCUT2D eigenvalue weighted by atomic mass is 9.65. The minimum Gasteiger partial charge on any atom is -0.389 e. The van der Waals surface area contributed by atoms with Gasteiger partial charge in [-0.3, -0.25) is 0 Å². The van der Waals surface area contributed by atoms with Crippen molar-refractivity contribution in [1.82, 2.24) is 20.2 Å². The van der Waals surface area contributed by atoms with E-state index in [0.717, 1.165) is 12.8 Å². The van der Waals surface area contributed by atoms with E-state index in [2.05, 4.69) is 29.3 Å². The van der Waals surface area contributed by atoms with Crippen LogP contribution in [0.25, 0.3) is 0 Å². The zero-order chi connectivity index (χ0) is 11.1. The minimum atomic E-state index is -0.585. The molecule has 1 heterocycles. The van der Waals surface area contributed by atoms with Crippen molar-refractivity contribution in [1.29, 1.82) is 0 Å². The Bertz CT molecular complexity index is 341. The normalized spacial score (nSPS) is 30.6. The number of nitrogens with zero attached hydrogens (tertiary/aromatic N) is 4. The van der Waals surface area contributed by atoms with Gasteiger partial charge >= 0.3 is 0 Å². The van der Waals surface area contributed by atoms with Gasteiger partial charge in [-0.05, 0) is 29.9 Å². The summed E-state index contributed by atoms with van der Waals surface area (Å²) in [4.78, 5) is 1.43. The maximum Gasteiger partial charge on any atom is 0.177 e. The van der Waals surface area contributed by atoms with Crippen molar-refractivity contribution >= 4 is 0 Å². The molecule has 5 heteroatoms. The molecule has 0 radical (unpaired) electrons. The molecule has 1 aromatic heterocycles. The molecule has 0 spiro atoms. The van der Waals surface area contributed by atoms with Crippen molar-refractivity contribution in [2.75, 3.05) is 0 Å². The van der Waals surface area contributed by atoms with Crippen molar-refractivity contribution in [3.8, 4) is 0 Å². The summed E-state index contributed by atoms with van der Waals surface area (Å²) in [6, 6.07) is 0. The molecule has 1 fully saturated rings. The molecular formula is C10H18N4O. The van der Waals surface area contributed by atoms with Gasteiger partial charge in [0.05, 0.1) is 12.6 Å². The van der Waals surface area contributed by atoms with Gasteiger partial charge in [0, 0.05) is 6.42 Å². The maximum absolute atomic E-state index is 10.2. The Morgan fingerprint density at radius 3 is 2.67 bits per heavy atom. The topological polar surface area (TPSA) is 63.8 Å². The largest absolute Gasteiger partial charge is 0.389 e. The van der Waals surface area contributed by atoms with E-state index in [1.807, 2.05) is 0 Å². The first-order valence-corrected chi connectivity index (χ1v) is 5.44. The van der Waals surface area contributed by atoms with Gasteiger partial charge in [-0.15, -0.1) is 10.2 Å². The minimum absolute atomic E-state index is 0.532. The molecule has 0 unspecified atom stereocenters. The Labute approximate surface area is 89.5 Å². The first-order valence-electron chi connectivity index (χ1n) is 5.44. The molecule has 1 aromatic rings. The van der Waals surface area contributed by atoms with Crippen LogP contribution in [0.5, 0.6) is 0 Å². The van der Waals surface area contributed by atoms with Crippen molar-refractivity contribution < 1.29 is 5.11 Å². The molecule has 5 nitrogen and oxygen atoms in total. The van der Waals surface area contributed by atoms with Crippen LogP contribution in [0.15, 0.2) is 0 Å². The predicted octanol–water partition coefficient (Wildman–Crippen LogP) is 0.550. The maximum atomic E-state index is 10.2. The number of aryl methyl sites for hydroxylation is 1. The molecule has 0 aromatic carbocycles. The fourth-order valence-corrected chi connectivity index (χ4v) is 2.22. The summed E-state index contributed by atoms with van der Waals surface area (Å²) in [5, 5.41) is 21.9. The number of aliphatic hydroxyl groups is 1. The Balaban J connectivity index is 1.91. The lowest BCUT2D eigenvalue weighted by Gasteiger charge is -2.45. The number of hydrogen-bond donors (Lipinski definition) is 1. The summed E-state index contributed by atoms with van der Waals surface area (Å²) < 4.78 is 0. The molecule has 0 saturated heterocycles. The van der Waals surface area contributed by atoms with Gasteiger partial charge in [0.2, 0.25) is 0 Å². The quantitative estimate of drug-likeness (QED) is 0.791. The van der Waals surface area contributed by atoms with Gasteiger partial charge in [0.1, 0.15) is 0 Å². The van der Waals surface area contributed by atoms with Crippen LogP contribution in [0.2, 0.25) is 0 Å². The van der Waals surface area contributed by atoms with Crippen LogP contribution in [-0.2, 0) is 13.5 Å². The highest BCUT2D eigenvalue weighted by molar-refractivity contribution is 5.01. The first kappa shape index (κ1) is 10.5. The van der Waals surface area contributed by atoms with Crippen molar-refractivity contribution in [3.05, 3.63) is 5.82 Å². The van der Waals surface area contributed by atoms with Crippen LogP contribution in [-0.4, -0.2) is 30.9 Å². The summed E-state index contributed by atoms with van der Waals surface area (Å²) in [6.07, 6.45) is 2.26. The van der Waals surface area contributed by atoms with Crippen molar-refractivity contribution in [2.24, 2.45) is 18.9 Å². The smallest absolute Gasteiger partial charge is 0.177 e. The van der Waals surface area contributed by atoms with E-state index in [4.69, 9.17) is 0 Å². The lowest BCUT2D eigenvalue weighted by Crippen LogP contribution is -2.47. The van der Waals surface area contributed by atoms with Gasteiger partial charge in [-0.1, -0.05) is 13.8 Å². The van der Waals surface area contributed by atoms with E-state index >= 15 is 0 Å². The molecule has 0 bridgehead atoms. The van der Waals surface area contributed by atoms with E-state index in [1.165, 1.54) is 4.80 Å². The van der Waals surface area contributed by atoms with Gasteiger partial charge < -0.3 is 5.11 Å². The summed E-state index contributed by atoms with van der Waals surface area (Å²) in [5.41, 5.74) is -0.585. The Morgan fingerprint density at radius 2 is 2.20 bits per heavy atom. The third kappa shape index (κ3) is 2.17. The molecule has 2 rings (SSSR count). The Kier molecular flexibility index (Phi) is 2.50. The summed E-state index contributed by atoms with van der Waals surface area (Å²) in [5.74, 6) is 1.94. The molecule has 1 aliphatic carbocycles. The third-order valence-electron chi connectivity index (χ3n) is 3.26. The van der Waals surface area contributed by atoms with E-state index in [1.54, 1.807) is 7.05 Å². The predicted molar refractivity (Wildman–Crippen MR) is 55.0 cm³/mol. The fourth-order valence-electron chi connectivity index (χ4n) is 2.22. The van der Waals surface area contributed by atoms with Crippen LogP contribution < -0.4 is 0 Å². The average Bonchev–Trinajstić information content (AvgIpc) is 2.46. The molecule has 1 saturated carbocycles. The summed E-state index contributed by atoms with van der Waals surface area (Å²) >= 11 is 0. The number of aromatic nitrogens is 4. The van der Waals surface area contributed by atoms with Crippen LogP contribution in [0.4, 0.5) is 0 Å². The molecule has 0 atom stereocenters. The number of rotatable bonds is 3. The van der Waals surface area contributed by atoms with E-state index in [9.17, 15) is 5.11 Å². The lowest BCUT2D eigenvalue weighted by molar-refractivity contribution is -0.0872. The van der Waals surface area contributed by atoms with E-state index in [0.29, 0.717) is 24.1 Å². The van der Waals surface area contributed by atoms with Gasteiger partial charge in [0.15, 0.2) is 5.82 Å². The monoisotopic (exact) mass is 210 g/mol. The van der Waals surface area contributed by atoms with Crippen LogP contribution >= 0.6 is 0 Å². The van der Waals surface area contributed by atoms with Crippen LogP contribution in [0, 0.1) is 11.8 Å². The molecule has 1 aliphatic rings. The zero-order valence-electron chi connectivity index (χ0n) is 9.51. The molecule has 0 amide bonds. The second-order valence-corrected chi connectivity index (χ2v) is 5.01. The number of hydrogen-bond acceptors (Lipinski definition) is 4. The van der Waals surface area contributed by atoms with Gasteiger partial charge in [0.25, 0.3) is 0 Å². The first-order chi connectivity index (χ1) is 6.98. The van der Waals surface area contributed by atoms with E-state index < -0.39 is 5.60 Å². The molecule has 0 aliphatic heterocycles. The SMILES string of the molecule is CC(C)C1CC(O)(Cc2nnn(C)n2)C1. The third-order valence-corrected chi connectivity index (χ3v) is 3.26. The Hall–Kier alpha value is -0.970. The second-order valence-electron chi connectivity index (χ2n) is 5.01. The Morgan fingerprint density at radius 1 is 1.53 bits per heavy atom. The van der Waals surface area contributed by atoms with Gasteiger partial charge in [-0.25, -0.2) is 0 Å². The van der Waals surface area contributed by atoms with Gasteiger partial charge in [-0.2, -0.15) is 4.80 Å². The number of tetrazole rings is 1.